The van der Waals surface area contributed by atoms with Crippen molar-refractivity contribution in [3.8, 4) is 22.8 Å². The predicted molar refractivity (Wildman–Crippen MR) is 69.7 cm³/mol. The van der Waals surface area contributed by atoms with Gasteiger partial charge in [-0.3, -0.25) is 0 Å². The summed E-state index contributed by atoms with van der Waals surface area (Å²) < 4.78 is 10.4. The molecule has 0 aliphatic carbocycles. The molecule has 0 atom stereocenters. The Morgan fingerprint density at radius 3 is 2.50 bits per heavy atom. The highest BCUT2D eigenvalue weighted by Crippen LogP contribution is 2.34. The molecular weight excluding hydrogens is 230 g/mol. The Balaban J connectivity index is 2.58. The van der Waals surface area contributed by atoms with Crippen LogP contribution in [-0.4, -0.2) is 24.2 Å². The topological polar surface area (TPSA) is 70.3 Å². The number of anilines is 1. The number of hydrogen-bond acceptors (Lipinski definition) is 5. The standard InChI is InChI=1S/C13H15N3O2/c1-8-6-9(17-2)4-5-10(8)11-12(18-3)13(14)16-7-15-11/h4-7H,1-3H3,(H2,14,15,16). The Hall–Kier alpha value is -2.30. The third-order valence-electron chi connectivity index (χ3n) is 2.72. The molecule has 0 spiro atoms. The van der Waals surface area contributed by atoms with Crippen LogP contribution in [0.25, 0.3) is 11.3 Å². The van der Waals surface area contributed by atoms with Gasteiger partial charge in [-0.2, -0.15) is 0 Å². The molecule has 0 aliphatic rings. The molecular formula is C13H15N3O2. The zero-order chi connectivity index (χ0) is 13.1. The Bertz CT molecular complexity index is 570. The van der Waals surface area contributed by atoms with Crippen LogP contribution in [0, 0.1) is 6.92 Å². The first-order valence-corrected chi connectivity index (χ1v) is 5.47. The van der Waals surface area contributed by atoms with Crippen molar-refractivity contribution in [3.05, 3.63) is 30.1 Å². The van der Waals surface area contributed by atoms with E-state index in [9.17, 15) is 0 Å². The summed E-state index contributed by atoms with van der Waals surface area (Å²) in [5.41, 5.74) is 8.44. The molecule has 1 heterocycles. The Morgan fingerprint density at radius 2 is 1.89 bits per heavy atom. The van der Waals surface area contributed by atoms with Crippen molar-refractivity contribution in [1.82, 2.24) is 9.97 Å². The van der Waals surface area contributed by atoms with Gasteiger partial charge in [0.2, 0.25) is 0 Å². The first-order valence-electron chi connectivity index (χ1n) is 5.47. The van der Waals surface area contributed by atoms with Crippen molar-refractivity contribution in [2.24, 2.45) is 0 Å². The van der Waals surface area contributed by atoms with Crippen LogP contribution < -0.4 is 15.2 Å². The minimum absolute atomic E-state index is 0.331. The molecule has 0 saturated carbocycles. The fraction of sp³-hybridized carbons (Fsp3) is 0.231. The van der Waals surface area contributed by atoms with Crippen LogP contribution in [0.3, 0.4) is 0 Å². The van der Waals surface area contributed by atoms with E-state index in [-0.39, 0.29) is 0 Å². The average Bonchev–Trinajstić information content (AvgIpc) is 2.38. The zero-order valence-corrected chi connectivity index (χ0v) is 10.6. The van der Waals surface area contributed by atoms with E-state index >= 15 is 0 Å². The SMILES string of the molecule is COc1ccc(-c2ncnc(N)c2OC)c(C)c1. The second-order valence-corrected chi connectivity index (χ2v) is 3.82. The van der Waals surface area contributed by atoms with Crippen molar-refractivity contribution < 1.29 is 9.47 Å². The number of aromatic nitrogens is 2. The zero-order valence-electron chi connectivity index (χ0n) is 10.6. The molecule has 1 aromatic carbocycles. The molecule has 2 aromatic rings. The summed E-state index contributed by atoms with van der Waals surface area (Å²) >= 11 is 0. The van der Waals surface area contributed by atoms with Gasteiger partial charge in [0.15, 0.2) is 11.6 Å². The Morgan fingerprint density at radius 1 is 1.11 bits per heavy atom. The molecule has 0 fully saturated rings. The third-order valence-corrected chi connectivity index (χ3v) is 2.72. The Kier molecular flexibility index (Phi) is 3.32. The van der Waals surface area contributed by atoms with E-state index in [1.807, 2.05) is 25.1 Å². The number of rotatable bonds is 3. The summed E-state index contributed by atoms with van der Waals surface area (Å²) in [6, 6.07) is 5.74. The van der Waals surface area contributed by atoms with E-state index in [2.05, 4.69) is 9.97 Å². The molecule has 0 unspecified atom stereocenters. The normalized spacial score (nSPS) is 10.2. The van der Waals surface area contributed by atoms with Gasteiger partial charge in [-0.15, -0.1) is 0 Å². The number of nitrogens with zero attached hydrogens (tertiary/aromatic N) is 2. The van der Waals surface area contributed by atoms with Crippen LogP contribution in [-0.2, 0) is 0 Å². The number of ether oxygens (including phenoxy) is 2. The third kappa shape index (κ3) is 2.07. The van der Waals surface area contributed by atoms with Gasteiger partial charge in [0, 0.05) is 5.56 Å². The second kappa shape index (κ2) is 4.91. The molecule has 2 rings (SSSR count). The lowest BCUT2D eigenvalue weighted by molar-refractivity contribution is 0.413. The van der Waals surface area contributed by atoms with E-state index in [1.165, 1.54) is 6.33 Å². The van der Waals surface area contributed by atoms with Gasteiger partial charge in [-0.25, -0.2) is 9.97 Å². The summed E-state index contributed by atoms with van der Waals surface area (Å²) in [6.07, 6.45) is 1.43. The van der Waals surface area contributed by atoms with E-state index in [0.717, 1.165) is 16.9 Å². The largest absolute Gasteiger partial charge is 0.497 e. The number of aryl methyl sites for hydroxylation is 1. The average molecular weight is 245 g/mol. The maximum Gasteiger partial charge on any atom is 0.187 e. The molecule has 5 heteroatoms. The lowest BCUT2D eigenvalue weighted by Gasteiger charge is -2.12. The van der Waals surface area contributed by atoms with Gasteiger partial charge in [0.25, 0.3) is 0 Å². The molecule has 2 N–H and O–H groups in total. The van der Waals surface area contributed by atoms with Crippen LogP contribution in [0.2, 0.25) is 0 Å². The summed E-state index contributed by atoms with van der Waals surface area (Å²) in [5.74, 6) is 1.63. The van der Waals surface area contributed by atoms with Crippen molar-refractivity contribution in [1.29, 1.82) is 0 Å². The lowest BCUT2D eigenvalue weighted by atomic mass is 10.0. The maximum atomic E-state index is 5.77. The monoisotopic (exact) mass is 245 g/mol. The first-order chi connectivity index (χ1) is 8.67. The minimum Gasteiger partial charge on any atom is -0.497 e. The summed E-state index contributed by atoms with van der Waals surface area (Å²) in [4.78, 5) is 8.16. The first kappa shape index (κ1) is 12.2. The lowest BCUT2D eigenvalue weighted by Crippen LogP contribution is -2.00. The van der Waals surface area contributed by atoms with E-state index < -0.39 is 0 Å². The molecule has 0 bridgehead atoms. The minimum atomic E-state index is 0.331. The summed E-state index contributed by atoms with van der Waals surface area (Å²) in [6.45, 7) is 1.98. The highest BCUT2D eigenvalue weighted by molar-refractivity contribution is 5.74. The van der Waals surface area contributed by atoms with Crippen molar-refractivity contribution in [3.63, 3.8) is 0 Å². The predicted octanol–water partition coefficient (Wildman–Crippen LogP) is 2.05. The number of nitrogens with two attached hydrogens (primary N) is 1. The molecule has 1 aromatic heterocycles. The fourth-order valence-corrected chi connectivity index (χ4v) is 1.81. The summed E-state index contributed by atoms with van der Waals surface area (Å²) in [7, 11) is 3.19. The van der Waals surface area contributed by atoms with Gasteiger partial charge in [0.1, 0.15) is 17.8 Å². The second-order valence-electron chi connectivity index (χ2n) is 3.82. The molecule has 94 valence electrons. The summed E-state index contributed by atoms with van der Waals surface area (Å²) in [5, 5.41) is 0. The molecule has 5 nitrogen and oxygen atoms in total. The molecule has 18 heavy (non-hydrogen) atoms. The molecule has 0 radical (unpaired) electrons. The molecule has 0 saturated heterocycles. The fourth-order valence-electron chi connectivity index (χ4n) is 1.81. The number of benzene rings is 1. The Labute approximate surface area is 106 Å². The van der Waals surface area contributed by atoms with Gasteiger partial charge in [0.05, 0.1) is 14.2 Å². The van der Waals surface area contributed by atoms with Crippen LogP contribution in [0.4, 0.5) is 5.82 Å². The molecule has 0 aliphatic heterocycles. The maximum absolute atomic E-state index is 5.77. The van der Waals surface area contributed by atoms with Crippen LogP contribution >= 0.6 is 0 Å². The highest BCUT2D eigenvalue weighted by Gasteiger charge is 2.13. The van der Waals surface area contributed by atoms with Crippen molar-refractivity contribution >= 4 is 5.82 Å². The molecule has 0 amide bonds. The van der Waals surface area contributed by atoms with Gasteiger partial charge >= 0.3 is 0 Å². The van der Waals surface area contributed by atoms with E-state index in [1.54, 1.807) is 14.2 Å². The van der Waals surface area contributed by atoms with Gasteiger partial charge in [-0.05, 0) is 30.7 Å². The number of methoxy groups -OCH3 is 2. The van der Waals surface area contributed by atoms with Crippen molar-refractivity contribution in [2.75, 3.05) is 20.0 Å². The van der Waals surface area contributed by atoms with Crippen LogP contribution in [0.5, 0.6) is 11.5 Å². The van der Waals surface area contributed by atoms with Crippen LogP contribution in [0.1, 0.15) is 5.56 Å². The van der Waals surface area contributed by atoms with E-state index in [0.29, 0.717) is 17.3 Å². The smallest absolute Gasteiger partial charge is 0.187 e. The quantitative estimate of drug-likeness (QED) is 0.896. The highest BCUT2D eigenvalue weighted by atomic mass is 16.5. The van der Waals surface area contributed by atoms with Gasteiger partial charge in [-0.1, -0.05) is 0 Å². The van der Waals surface area contributed by atoms with Crippen molar-refractivity contribution in [2.45, 2.75) is 6.92 Å². The van der Waals surface area contributed by atoms with Crippen LogP contribution in [0.15, 0.2) is 24.5 Å². The van der Waals surface area contributed by atoms with E-state index in [4.69, 9.17) is 15.2 Å². The number of nitrogen functional groups attached to an aromatic ring is 1. The van der Waals surface area contributed by atoms with Gasteiger partial charge < -0.3 is 15.2 Å². The number of hydrogen-bond donors (Lipinski definition) is 1.